The lowest BCUT2D eigenvalue weighted by Crippen LogP contribution is -2.46. The standard InChI is InChI=1S/C18H14ClN3O4/c1-3-6-25-16(23)14-15(21)26-9(2)12(8-20)18(14)11-5-4-10(19)7-13(11)22-17(18)24/h3-5,7H,1,6,21H2,2H3,(H,22,24). The van der Waals surface area contributed by atoms with Crippen LogP contribution >= 0.6 is 11.6 Å². The van der Waals surface area contributed by atoms with Crippen molar-refractivity contribution in [2.75, 3.05) is 11.9 Å². The molecule has 1 spiro atoms. The first kappa shape index (κ1) is 17.6. The molecule has 7 nitrogen and oxygen atoms in total. The number of nitrogens with zero attached hydrogens (tertiary/aromatic N) is 1. The van der Waals surface area contributed by atoms with Crippen molar-refractivity contribution < 1.29 is 19.1 Å². The molecule has 0 bridgehead atoms. The van der Waals surface area contributed by atoms with Gasteiger partial charge in [-0.3, -0.25) is 4.79 Å². The Morgan fingerprint density at radius 2 is 2.31 bits per heavy atom. The lowest BCUT2D eigenvalue weighted by atomic mass is 9.68. The third kappa shape index (κ3) is 2.27. The van der Waals surface area contributed by atoms with Crippen LogP contribution in [-0.2, 0) is 24.5 Å². The zero-order chi connectivity index (χ0) is 19.1. The third-order valence-corrected chi connectivity index (χ3v) is 4.47. The number of hydrogen-bond donors (Lipinski definition) is 2. The summed E-state index contributed by atoms with van der Waals surface area (Å²) in [6, 6.07) is 6.64. The largest absolute Gasteiger partial charge is 0.458 e. The molecule has 132 valence electrons. The van der Waals surface area contributed by atoms with Gasteiger partial charge in [0.05, 0.1) is 5.57 Å². The number of carbonyl (C=O) groups is 2. The quantitative estimate of drug-likeness (QED) is 0.622. The van der Waals surface area contributed by atoms with E-state index in [2.05, 4.69) is 11.9 Å². The van der Waals surface area contributed by atoms with Crippen LogP contribution in [0.4, 0.5) is 5.69 Å². The van der Waals surface area contributed by atoms with Crippen molar-refractivity contribution >= 4 is 29.2 Å². The van der Waals surface area contributed by atoms with Crippen molar-refractivity contribution in [3.63, 3.8) is 0 Å². The molecule has 1 atom stereocenters. The van der Waals surface area contributed by atoms with E-state index in [1.54, 1.807) is 12.1 Å². The Labute approximate surface area is 154 Å². The molecule has 0 fully saturated rings. The number of hydrogen-bond acceptors (Lipinski definition) is 6. The van der Waals surface area contributed by atoms with E-state index in [1.807, 2.05) is 6.07 Å². The molecule has 1 unspecified atom stereocenters. The van der Waals surface area contributed by atoms with E-state index < -0.39 is 17.3 Å². The van der Waals surface area contributed by atoms with Crippen molar-refractivity contribution in [2.24, 2.45) is 5.73 Å². The lowest BCUT2D eigenvalue weighted by molar-refractivity contribution is -0.140. The minimum atomic E-state index is -1.76. The number of carbonyl (C=O) groups excluding carboxylic acids is 2. The Hall–Kier alpha value is -3.24. The molecule has 0 aromatic heterocycles. The molecular formula is C18H14ClN3O4. The maximum absolute atomic E-state index is 13.1. The summed E-state index contributed by atoms with van der Waals surface area (Å²) >= 11 is 6.00. The van der Waals surface area contributed by atoms with E-state index in [-0.39, 0.29) is 29.4 Å². The lowest BCUT2D eigenvalue weighted by Gasteiger charge is -2.33. The Balaban J connectivity index is 2.34. The predicted molar refractivity (Wildman–Crippen MR) is 93.5 cm³/mol. The van der Waals surface area contributed by atoms with Gasteiger partial charge < -0.3 is 20.5 Å². The number of amides is 1. The van der Waals surface area contributed by atoms with E-state index in [1.165, 1.54) is 19.1 Å². The smallest absolute Gasteiger partial charge is 0.341 e. The highest BCUT2D eigenvalue weighted by Crippen LogP contribution is 2.52. The van der Waals surface area contributed by atoms with Gasteiger partial charge in [0, 0.05) is 16.3 Å². The highest BCUT2D eigenvalue weighted by Gasteiger charge is 2.59. The highest BCUT2D eigenvalue weighted by atomic mass is 35.5. The molecule has 8 heteroatoms. The molecule has 0 radical (unpaired) electrons. The maximum Gasteiger partial charge on any atom is 0.341 e. The molecule has 2 aliphatic rings. The fourth-order valence-electron chi connectivity index (χ4n) is 3.25. The molecule has 2 aliphatic heterocycles. The summed E-state index contributed by atoms with van der Waals surface area (Å²) < 4.78 is 10.4. The van der Waals surface area contributed by atoms with Crippen LogP contribution in [0.25, 0.3) is 0 Å². The van der Waals surface area contributed by atoms with E-state index in [0.29, 0.717) is 16.3 Å². The monoisotopic (exact) mass is 371 g/mol. The Morgan fingerprint density at radius 1 is 1.58 bits per heavy atom. The van der Waals surface area contributed by atoms with Crippen LogP contribution in [0.5, 0.6) is 0 Å². The van der Waals surface area contributed by atoms with Gasteiger partial charge in [-0.2, -0.15) is 5.26 Å². The second-order valence-electron chi connectivity index (χ2n) is 5.67. The van der Waals surface area contributed by atoms with Crippen LogP contribution < -0.4 is 11.1 Å². The number of esters is 1. The van der Waals surface area contributed by atoms with Crippen LogP contribution in [0.3, 0.4) is 0 Å². The number of nitrogens with two attached hydrogens (primary N) is 1. The van der Waals surface area contributed by atoms with E-state index in [9.17, 15) is 14.9 Å². The van der Waals surface area contributed by atoms with Gasteiger partial charge in [0.15, 0.2) is 5.41 Å². The van der Waals surface area contributed by atoms with Crippen LogP contribution in [-0.4, -0.2) is 18.5 Å². The van der Waals surface area contributed by atoms with Gasteiger partial charge in [0.1, 0.15) is 24.0 Å². The van der Waals surface area contributed by atoms with Crippen molar-refractivity contribution in [3.05, 3.63) is 64.2 Å². The van der Waals surface area contributed by atoms with Gasteiger partial charge in [0.25, 0.3) is 0 Å². The minimum Gasteiger partial charge on any atom is -0.458 e. The highest BCUT2D eigenvalue weighted by molar-refractivity contribution is 6.31. The van der Waals surface area contributed by atoms with Gasteiger partial charge in [-0.1, -0.05) is 30.3 Å². The van der Waals surface area contributed by atoms with Gasteiger partial charge in [-0.05, 0) is 19.1 Å². The van der Waals surface area contributed by atoms with Crippen LogP contribution in [0.15, 0.2) is 53.6 Å². The number of nitriles is 1. The summed E-state index contributed by atoms with van der Waals surface area (Å²) in [5, 5.41) is 12.8. The molecule has 3 N–H and O–H groups in total. The van der Waals surface area contributed by atoms with Gasteiger partial charge >= 0.3 is 5.97 Å². The molecule has 0 aliphatic carbocycles. The number of halogens is 1. The zero-order valence-electron chi connectivity index (χ0n) is 13.8. The second-order valence-corrected chi connectivity index (χ2v) is 6.10. The number of nitrogens with one attached hydrogen (secondary N) is 1. The molecule has 1 aromatic rings. The van der Waals surface area contributed by atoms with E-state index in [0.717, 1.165) is 0 Å². The number of ether oxygens (including phenoxy) is 2. The summed E-state index contributed by atoms with van der Waals surface area (Å²) in [6.45, 7) is 4.89. The number of rotatable bonds is 3. The molecule has 3 rings (SSSR count). The van der Waals surface area contributed by atoms with E-state index in [4.69, 9.17) is 26.8 Å². The van der Waals surface area contributed by atoms with Crippen LogP contribution in [0.1, 0.15) is 12.5 Å². The first-order valence-electron chi connectivity index (χ1n) is 7.57. The molecule has 1 amide bonds. The Morgan fingerprint density at radius 3 is 2.96 bits per heavy atom. The number of benzene rings is 1. The first-order chi connectivity index (χ1) is 12.4. The summed E-state index contributed by atoms with van der Waals surface area (Å²) in [7, 11) is 0. The minimum absolute atomic E-state index is 0.0455. The summed E-state index contributed by atoms with van der Waals surface area (Å²) in [4.78, 5) is 25.7. The van der Waals surface area contributed by atoms with Crippen molar-refractivity contribution in [2.45, 2.75) is 12.3 Å². The van der Waals surface area contributed by atoms with Gasteiger partial charge in [0.2, 0.25) is 11.8 Å². The Bertz CT molecular complexity index is 958. The molecule has 0 saturated heterocycles. The molecule has 2 heterocycles. The van der Waals surface area contributed by atoms with Gasteiger partial charge in [-0.15, -0.1) is 0 Å². The third-order valence-electron chi connectivity index (χ3n) is 4.23. The van der Waals surface area contributed by atoms with E-state index >= 15 is 0 Å². The number of fused-ring (bicyclic) bond motifs is 2. The molecule has 1 aromatic carbocycles. The van der Waals surface area contributed by atoms with Crippen LogP contribution in [0, 0.1) is 11.3 Å². The molecule has 26 heavy (non-hydrogen) atoms. The maximum atomic E-state index is 13.1. The van der Waals surface area contributed by atoms with Gasteiger partial charge in [-0.25, -0.2) is 4.79 Å². The summed E-state index contributed by atoms with van der Waals surface area (Å²) in [5.74, 6) is -1.65. The fraction of sp³-hybridized carbons (Fsp3) is 0.167. The normalized spacial score (nSPS) is 21.0. The Kier molecular flexibility index (Phi) is 4.22. The number of anilines is 1. The summed E-state index contributed by atoms with van der Waals surface area (Å²) in [6.07, 6.45) is 1.37. The fourth-order valence-corrected chi connectivity index (χ4v) is 3.42. The topological polar surface area (TPSA) is 114 Å². The molecular weight excluding hydrogens is 358 g/mol. The zero-order valence-corrected chi connectivity index (χ0v) is 14.5. The molecule has 0 saturated carbocycles. The average molecular weight is 372 g/mol. The first-order valence-corrected chi connectivity index (χ1v) is 7.94. The SMILES string of the molecule is C=CCOC(=O)C1=C(N)OC(C)=C(C#N)C12C(=O)Nc1cc(Cl)ccc12. The summed E-state index contributed by atoms with van der Waals surface area (Å²) in [5.41, 5.74) is 4.64. The number of allylic oxidation sites excluding steroid dienone is 1. The van der Waals surface area contributed by atoms with Crippen molar-refractivity contribution in [1.29, 1.82) is 5.26 Å². The van der Waals surface area contributed by atoms with Crippen LogP contribution in [0.2, 0.25) is 5.02 Å². The van der Waals surface area contributed by atoms with Crippen molar-refractivity contribution in [1.82, 2.24) is 0 Å². The second kappa shape index (κ2) is 6.24. The average Bonchev–Trinajstić information content (AvgIpc) is 2.85. The van der Waals surface area contributed by atoms with Crippen molar-refractivity contribution in [3.8, 4) is 6.07 Å². The predicted octanol–water partition coefficient (Wildman–Crippen LogP) is 2.26.